The summed E-state index contributed by atoms with van der Waals surface area (Å²) in [4.78, 5) is 11.6. The topological polar surface area (TPSA) is 52.3 Å². The maximum absolute atomic E-state index is 11.6. The molecule has 0 bridgehead atoms. The van der Waals surface area contributed by atoms with E-state index in [0.29, 0.717) is 12.3 Å². The maximum Gasteiger partial charge on any atom is 0.310 e. The predicted octanol–water partition coefficient (Wildman–Crippen LogP) is 2.54. The number of carbonyl (C=O) groups is 1. The second-order valence-corrected chi connectivity index (χ2v) is 4.68. The first-order valence-corrected chi connectivity index (χ1v) is 6.24. The molecule has 3 nitrogen and oxygen atoms in total. The highest BCUT2D eigenvalue weighted by molar-refractivity contribution is 5.74. The normalized spacial score (nSPS) is 15.3. The summed E-state index contributed by atoms with van der Waals surface area (Å²) in [6.45, 7) is 0.552. The number of nitrogen functional groups attached to an aromatic ring is 1. The Morgan fingerprint density at radius 2 is 2.12 bits per heavy atom. The molecule has 1 aliphatic rings. The van der Waals surface area contributed by atoms with E-state index in [2.05, 4.69) is 0 Å². The van der Waals surface area contributed by atoms with E-state index in [1.54, 1.807) is 6.07 Å². The average molecular weight is 233 g/mol. The second-order valence-electron chi connectivity index (χ2n) is 4.68. The van der Waals surface area contributed by atoms with Gasteiger partial charge in [0.2, 0.25) is 0 Å². The first-order chi connectivity index (χ1) is 8.25. The van der Waals surface area contributed by atoms with Gasteiger partial charge in [-0.25, -0.2) is 0 Å². The van der Waals surface area contributed by atoms with Gasteiger partial charge in [-0.15, -0.1) is 0 Å². The van der Waals surface area contributed by atoms with Crippen LogP contribution in [-0.2, 0) is 16.0 Å². The van der Waals surface area contributed by atoms with Crippen LogP contribution in [0.5, 0.6) is 0 Å². The van der Waals surface area contributed by atoms with Crippen molar-refractivity contribution in [3.8, 4) is 0 Å². The second kappa shape index (κ2) is 5.71. The number of hydrogen-bond acceptors (Lipinski definition) is 3. The molecule has 1 aromatic carbocycles. The third-order valence-electron chi connectivity index (χ3n) is 3.40. The summed E-state index contributed by atoms with van der Waals surface area (Å²) in [6, 6.07) is 7.41. The zero-order chi connectivity index (χ0) is 12.1. The van der Waals surface area contributed by atoms with E-state index in [1.807, 2.05) is 18.2 Å². The zero-order valence-electron chi connectivity index (χ0n) is 10.0. The van der Waals surface area contributed by atoms with Crippen molar-refractivity contribution < 1.29 is 9.53 Å². The van der Waals surface area contributed by atoms with Crippen LogP contribution in [0.4, 0.5) is 5.69 Å². The van der Waals surface area contributed by atoms with Crippen LogP contribution in [0.25, 0.3) is 0 Å². The lowest BCUT2D eigenvalue weighted by atomic mass is 9.83. The lowest BCUT2D eigenvalue weighted by molar-refractivity contribution is -0.143. The summed E-state index contributed by atoms with van der Waals surface area (Å²) in [5.41, 5.74) is 7.27. The molecule has 0 aliphatic heterocycles. The first kappa shape index (κ1) is 12.0. The third kappa shape index (κ3) is 3.48. The molecule has 92 valence electrons. The molecular formula is C14H19NO2. The number of hydrogen-bond donors (Lipinski definition) is 1. The van der Waals surface area contributed by atoms with Crippen LogP contribution in [-0.4, -0.2) is 12.6 Å². The van der Waals surface area contributed by atoms with Crippen molar-refractivity contribution in [3.63, 3.8) is 0 Å². The molecule has 2 N–H and O–H groups in total. The Bertz CT molecular complexity index is 386. The van der Waals surface area contributed by atoms with Crippen LogP contribution in [0.1, 0.15) is 31.2 Å². The third-order valence-corrected chi connectivity index (χ3v) is 3.40. The zero-order valence-corrected chi connectivity index (χ0v) is 10.0. The first-order valence-electron chi connectivity index (χ1n) is 6.24. The molecule has 17 heavy (non-hydrogen) atoms. The van der Waals surface area contributed by atoms with E-state index in [-0.39, 0.29) is 12.4 Å². The highest BCUT2D eigenvalue weighted by Gasteiger charge is 2.17. The lowest BCUT2D eigenvalue weighted by Gasteiger charge is -2.24. The van der Waals surface area contributed by atoms with Crippen LogP contribution >= 0.6 is 0 Å². The fourth-order valence-electron chi connectivity index (χ4n) is 2.02. The van der Waals surface area contributed by atoms with Crippen molar-refractivity contribution in [3.05, 3.63) is 29.8 Å². The molecule has 0 saturated heterocycles. The van der Waals surface area contributed by atoms with E-state index in [1.165, 1.54) is 19.3 Å². The molecule has 3 heteroatoms. The van der Waals surface area contributed by atoms with Crippen LogP contribution in [0.15, 0.2) is 24.3 Å². The minimum Gasteiger partial charge on any atom is -0.465 e. The number of carbonyl (C=O) groups excluding carboxylic acids is 1. The van der Waals surface area contributed by atoms with Crippen molar-refractivity contribution in [2.45, 2.75) is 32.1 Å². The molecule has 1 aliphatic carbocycles. The molecule has 1 saturated carbocycles. The molecule has 0 amide bonds. The fraction of sp³-hybridized carbons (Fsp3) is 0.500. The minimum absolute atomic E-state index is 0.178. The Hall–Kier alpha value is -1.51. The van der Waals surface area contributed by atoms with Crippen molar-refractivity contribution in [2.24, 2.45) is 5.92 Å². The Balaban J connectivity index is 1.71. The molecule has 0 heterocycles. The Morgan fingerprint density at radius 1 is 1.35 bits per heavy atom. The van der Waals surface area contributed by atoms with Gasteiger partial charge in [0, 0.05) is 5.69 Å². The van der Waals surface area contributed by atoms with E-state index < -0.39 is 0 Å². The largest absolute Gasteiger partial charge is 0.465 e. The van der Waals surface area contributed by atoms with Crippen molar-refractivity contribution in [1.29, 1.82) is 0 Å². The van der Waals surface area contributed by atoms with Gasteiger partial charge < -0.3 is 10.5 Å². The van der Waals surface area contributed by atoms with Gasteiger partial charge in [0.1, 0.15) is 0 Å². The van der Waals surface area contributed by atoms with Gasteiger partial charge >= 0.3 is 5.97 Å². The highest BCUT2D eigenvalue weighted by atomic mass is 16.5. The molecule has 0 spiro atoms. The smallest absolute Gasteiger partial charge is 0.310 e. The Kier molecular flexibility index (Phi) is 4.02. The fourth-order valence-corrected chi connectivity index (χ4v) is 2.02. The molecule has 0 radical (unpaired) electrons. The van der Waals surface area contributed by atoms with E-state index >= 15 is 0 Å². The lowest BCUT2D eigenvalue weighted by Crippen LogP contribution is -2.16. The summed E-state index contributed by atoms with van der Waals surface area (Å²) in [6.07, 6.45) is 5.21. The van der Waals surface area contributed by atoms with Gasteiger partial charge in [0.15, 0.2) is 0 Å². The Morgan fingerprint density at radius 3 is 2.76 bits per heavy atom. The Labute approximate surface area is 102 Å². The summed E-state index contributed by atoms with van der Waals surface area (Å²) in [5, 5.41) is 0. The van der Waals surface area contributed by atoms with Crippen molar-refractivity contribution in [2.75, 3.05) is 12.3 Å². The van der Waals surface area contributed by atoms with Gasteiger partial charge in [-0.2, -0.15) is 0 Å². The average Bonchev–Trinajstić information content (AvgIpc) is 2.25. The van der Waals surface area contributed by atoms with Gasteiger partial charge in [-0.3, -0.25) is 4.79 Å². The van der Waals surface area contributed by atoms with E-state index in [4.69, 9.17) is 10.5 Å². The monoisotopic (exact) mass is 233 g/mol. The van der Waals surface area contributed by atoms with Crippen molar-refractivity contribution >= 4 is 11.7 Å². The van der Waals surface area contributed by atoms with Crippen LogP contribution in [0.2, 0.25) is 0 Å². The molecule has 1 aromatic rings. The van der Waals surface area contributed by atoms with Crippen LogP contribution in [0, 0.1) is 5.92 Å². The maximum atomic E-state index is 11.6. The number of anilines is 1. The standard InChI is InChI=1S/C14H19NO2/c15-13-7-2-1-6-12(13)10-14(16)17-9-8-11-4-3-5-11/h1-2,6-7,11H,3-5,8-10,15H2. The minimum atomic E-state index is -0.178. The number of nitrogens with two attached hydrogens (primary N) is 1. The summed E-state index contributed by atoms with van der Waals surface area (Å²) in [7, 11) is 0. The molecule has 1 fully saturated rings. The quantitative estimate of drug-likeness (QED) is 0.628. The number of para-hydroxylation sites is 1. The molecule has 0 atom stereocenters. The number of benzene rings is 1. The predicted molar refractivity (Wildman–Crippen MR) is 67.5 cm³/mol. The number of rotatable bonds is 5. The highest BCUT2D eigenvalue weighted by Crippen LogP contribution is 2.29. The van der Waals surface area contributed by atoms with E-state index in [0.717, 1.165) is 17.9 Å². The van der Waals surface area contributed by atoms with E-state index in [9.17, 15) is 4.79 Å². The summed E-state index contributed by atoms with van der Waals surface area (Å²) in [5.74, 6) is 0.604. The van der Waals surface area contributed by atoms with Gasteiger partial charge in [-0.05, 0) is 24.0 Å². The van der Waals surface area contributed by atoms with Crippen LogP contribution < -0.4 is 5.73 Å². The molecule has 0 unspecified atom stereocenters. The number of ether oxygens (including phenoxy) is 1. The summed E-state index contributed by atoms with van der Waals surface area (Å²) < 4.78 is 5.21. The van der Waals surface area contributed by atoms with Gasteiger partial charge in [-0.1, -0.05) is 37.5 Å². The van der Waals surface area contributed by atoms with Gasteiger partial charge in [0.25, 0.3) is 0 Å². The molecular weight excluding hydrogens is 214 g/mol. The van der Waals surface area contributed by atoms with Crippen LogP contribution in [0.3, 0.4) is 0 Å². The molecule has 2 rings (SSSR count). The van der Waals surface area contributed by atoms with Gasteiger partial charge in [0.05, 0.1) is 13.0 Å². The SMILES string of the molecule is Nc1ccccc1CC(=O)OCCC1CCC1. The van der Waals surface area contributed by atoms with Crippen molar-refractivity contribution in [1.82, 2.24) is 0 Å². The summed E-state index contributed by atoms with van der Waals surface area (Å²) >= 11 is 0. The molecule has 0 aromatic heterocycles. The number of esters is 1.